The van der Waals surface area contributed by atoms with Gasteiger partial charge in [-0.1, -0.05) is 30.3 Å². The van der Waals surface area contributed by atoms with Crippen LogP contribution in [0, 0.1) is 0 Å². The lowest BCUT2D eigenvalue weighted by Gasteiger charge is -2.25. The second-order valence-electron chi connectivity index (χ2n) is 6.87. The number of sulfone groups is 1. The van der Waals surface area contributed by atoms with Crippen LogP contribution in [0.25, 0.3) is 0 Å². The van der Waals surface area contributed by atoms with Crippen LogP contribution >= 0.6 is 0 Å². The molecule has 2 N–H and O–H groups in total. The van der Waals surface area contributed by atoms with Crippen molar-refractivity contribution in [1.82, 2.24) is 5.32 Å². The monoisotopic (exact) mass is 437 g/mol. The predicted octanol–water partition coefficient (Wildman–Crippen LogP) is 1.40. The van der Waals surface area contributed by atoms with Crippen LogP contribution in [0.1, 0.15) is 25.8 Å². The van der Waals surface area contributed by atoms with Gasteiger partial charge in [0.1, 0.15) is 6.61 Å². The molecule has 1 aromatic carbocycles. The zero-order valence-corrected chi connectivity index (χ0v) is 17.6. The maximum Gasteiger partial charge on any atom is 0.407 e. The highest BCUT2D eigenvalue weighted by molar-refractivity contribution is 7.91. The molecule has 1 rings (SSSR count). The average Bonchev–Trinajstić information content (AvgIpc) is 2.58. The summed E-state index contributed by atoms with van der Waals surface area (Å²) in [4.78, 5) is 11.9. The van der Waals surface area contributed by atoms with Gasteiger partial charge in [0, 0.05) is 5.54 Å². The highest BCUT2D eigenvalue weighted by Crippen LogP contribution is 2.12. The first-order valence-electron chi connectivity index (χ1n) is 8.61. The molecular formula is C17H27NO8S2. The van der Waals surface area contributed by atoms with E-state index in [1.54, 1.807) is 13.8 Å². The van der Waals surface area contributed by atoms with E-state index >= 15 is 0 Å². The van der Waals surface area contributed by atoms with Crippen molar-refractivity contribution in [2.75, 3.05) is 30.5 Å². The molecule has 9 nitrogen and oxygen atoms in total. The van der Waals surface area contributed by atoms with Crippen LogP contribution in [0.2, 0.25) is 0 Å². The molecule has 0 radical (unpaired) electrons. The molecule has 0 saturated heterocycles. The van der Waals surface area contributed by atoms with Gasteiger partial charge in [-0.3, -0.25) is 4.55 Å². The lowest BCUT2D eigenvalue weighted by molar-refractivity contribution is 0.129. The second-order valence-corrected chi connectivity index (χ2v) is 10.7. The van der Waals surface area contributed by atoms with E-state index in [2.05, 4.69) is 5.32 Å². The summed E-state index contributed by atoms with van der Waals surface area (Å²) in [7, 11) is -7.58. The zero-order valence-electron chi connectivity index (χ0n) is 16.0. The average molecular weight is 438 g/mol. The Morgan fingerprint density at radius 3 is 2.25 bits per heavy atom. The number of hydrogen-bond donors (Lipinski definition) is 2. The summed E-state index contributed by atoms with van der Waals surface area (Å²) in [5, 5.41) is 2.64. The van der Waals surface area contributed by atoms with Gasteiger partial charge in [0.2, 0.25) is 0 Å². The van der Waals surface area contributed by atoms with Gasteiger partial charge in [-0.25, -0.2) is 13.2 Å². The van der Waals surface area contributed by atoms with Gasteiger partial charge >= 0.3 is 6.09 Å². The van der Waals surface area contributed by atoms with Gasteiger partial charge in [0.25, 0.3) is 10.1 Å². The van der Waals surface area contributed by atoms with Crippen LogP contribution in [-0.4, -0.2) is 63.5 Å². The van der Waals surface area contributed by atoms with E-state index < -0.39 is 37.3 Å². The standard InChI is InChI=1S/C17H27NO8S2/c1-17(2,18-16(19)26-14-15-6-4-3-5-7-15)8-11-27(20,21)12-9-25-10-13-28(22,23)24/h3-7H,8-14H2,1-2H3,(H,18,19)(H,22,23,24). The molecule has 1 amide bonds. The van der Waals surface area contributed by atoms with E-state index in [9.17, 15) is 21.6 Å². The molecule has 0 aromatic heterocycles. The molecule has 0 bridgehead atoms. The molecule has 160 valence electrons. The fourth-order valence-electron chi connectivity index (χ4n) is 2.06. The van der Waals surface area contributed by atoms with Gasteiger partial charge in [-0.05, 0) is 25.8 Å². The van der Waals surface area contributed by atoms with Crippen molar-refractivity contribution < 1.29 is 35.7 Å². The number of rotatable bonds is 12. The molecule has 0 atom stereocenters. The Morgan fingerprint density at radius 1 is 1.04 bits per heavy atom. The minimum absolute atomic E-state index is 0.113. The molecule has 0 aliphatic carbocycles. The Labute approximate surface area is 166 Å². The Hall–Kier alpha value is -1.69. The lowest BCUT2D eigenvalue weighted by atomic mass is 10.0. The number of benzene rings is 1. The highest BCUT2D eigenvalue weighted by atomic mass is 32.2. The summed E-state index contributed by atoms with van der Waals surface area (Å²) < 4.78 is 63.7. The fourth-order valence-corrected chi connectivity index (χ4v) is 3.79. The Morgan fingerprint density at radius 2 is 1.64 bits per heavy atom. The third-order valence-electron chi connectivity index (χ3n) is 3.72. The smallest absolute Gasteiger partial charge is 0.407 e. The van der Waals surface area contributed by atoms with E-state index in [0.29, 0.717) is 0 Å². The van der Waals surface area contributed by atoms with Gasteiger partial charge in [-0.15, -0.1) is 0 Å². The van der Waals surface area contributed by atoms with Crippen molar-refractivity contribution in [1.29, 1.82) is 0 Å². The molecule has 0 unspecified atom stereocenters. The highest BCUT2D eigenvalue weighted by Gasteiger charge is 2.24. The quantitative estimate of drug-likeness (QED) is 0.370. The van der Waals surface area contributed by atoms with Crippen molar-refractivity contribution in [3.63, 3.8) is 0 Å². The molecule has 1 aromatic rings. The first-order chi connectivity index (χ1) is 12.9. The summed E-state index contributed by atoms with van der Waals surface area (Å²) in [6.07, 6.45) is -0.472. The van der Waals surface area contributed by atoms with Crippen molar-refractivity contribution in [3.8, 4) is 0 Å². The number of nitrogens with one attached hydrogen (secondary N) is 1. The number of carbonyl (C=O) groups is 1. The maximum atomic E-state index is 12.0. The zero-order chi connectivity index (χ0) is 21.3. The maximum absolute atomic E-state index is 12.0. The third kappa shape index (κ3) is 11.9. The summed E-state index contributed by atoms with van der Waals surface area (Å²) in [5.41, 5.74) is 0.0409. The van der Waals surface area contributed by atoms with Gasteiger partial charge < -0.3 is 14.8 Å². The Bertz CT molecular complexity index is 820. The fraction of sp³-hybridized carbons (Fsp3) is 0.588. The SMILES string of the molecule is CC(C)(CCS(=O)(=O)CCOCCS(=O)(=O)O)NC(=O)OCc1ccccc1. The third-order valence-corrected chi connectivity index (χ3v) is 6.01. The lowest BCUT2D eigenvalue weighted by Crippen LogP contribution is -2.45. The van der Waals surface area contributed by atoms with Crippen LogP contribution in [0.5, 0.6) is 0 Å². The first kappa shape index (κ1) is 24.3. The summed E-state index contributed by atoms with van der Waals surface area (Å²) in [6, 6.07) is 9.16. The molecule has 11 heteroatoms. The Balaban J connectivity index is 2.32. The first-order valence-corrected chi connectivity index (χ1v) is 12.0. The molecule has 0 spiro atoms. The van der Waals surface area contributed by atoms with E-state index in [0.717, 1.165) is 5.56 Å². The second kappa shape index (κ2) is 10.7. The predicted molar refractivity (Wildman–Crippen MR) is 104 cm³/mol. The van der Waals surface area contributed by atoms with Crippen LogP contribution in [0.3, 0.4) is 0 Å². The molecule has 0 saturated carbocycles. The van der Waals surface area contributed by atoms with Gasteiger partial charge in [0.15, 0.2) is 9.84 Å². The minimum atomic E-state index is -4.13. The van der Waals surface area contributed by atoms with Crippen molar-refractivity contribution in [3.05, 3.63) is 35.9 Å². The van der Waals surface area contributed by atoms with E-state index in [1.807, 2.05) is 30.3 Å². The summed E-state index contributed by atoms with van der Waals surface area (Å²) in [5.74, 6) is -1.05. The van der Waals surface area contributed by atoms with Crippen molar-refractivity contribution in [2.24, 2.45) is 0 Å². The number of hydrogen-bond acceptors (Lipinski definition) is 7. The largest absolute Gasteiger partial charge is 0.445 e. The molecule has 0 heterocycles. The van der Waals surface area contributed by atoms with Crippen LogP contribution in [-0.2, 0) is 36.0 Å². The normalized spacial score (nSPS) is 12.5. The van der Waals surface area contributed by atoms with Crippen LogP contribution in [0.4, 0.5) is 4.79 Å². The van der Waals surface area contributed by atoms with E-state index in [-0.39, 0.29) is 37.7 Å². The van der Waals surface area contributed by atoms with Crippen molar-refractivity contribution in [2.45, 2.75) is 32.4 Å². The molecule has 0 aliphatic rings. The molecule has 0 aliphatic heterocycles. The number of ether oxygens (including phenoxy) is 2. The van der Waals surface area contributed by atoms with Gasteiger partial charge in [0.05, 0.1) is 30.5 Å². The van der Waals surface area contributed by atoms with E-state index in [4.69, 9.17) is 14.0 Å². The number of amides is 1. The minimum Gasteiger partial charge on any atom is -0.445 e. The van der Waals surface area contributed by atoms with Crippen molar-refractivity contribution >= 4 is 26.0 Å². The van der Waals surface area contributed by atoms with Crippen LogP contribution in [0.15, 0.2) is 30.3 Å². The Kier molecular flexibility index (Phi) is 9.34. The number of carbonyl (C=O) groups excluding carboxylic acids is 1. The molecular weight excluding hydrogens is 410 g/mol. The molecule has 0 fully saturated rings. The van der Waals surface area contributed by atoms with Crippen LogP contribution < -0.4 is 5.32 Å². The summed E-state index contributed by atoms with van der Waals surface area (Å²) >= 11 is 0. The topological polar surface area (TPSA) is 136 Å². The van der Waals surface area contributed by atoms with Gasteiger partial charge in [-0.2, -0.15) is 8.42 Å². The molecule has 28 heavy (non-hydrogen) atoms. The number of alkyl carbamates (subject to hydrolysis) is 1. The summed E-state index contributed by atoms with van der Waals surface area (Å²) in [6.45, 7) is 3.03. The van der Waals surface area contributed by atoms with E-state index in [1.165, 1.54) is 0 Å².